The van der Waals surface area contributed by atoms with Crippen molar-refractivity contribution in [1.82, 2.24) is 16.0 Å². The Morgan fingerprint density at radius 3 is 2.56 bits per heavy atom. The number of benzene rings is 1. The number of carboxylic acid groups (broad SMARTS) is 1. The van der Waals surface area contributed by atoms with Gasteiger partial charge in [0.1, 0.15) is 18.1 Å². The number of hydrogen-bond donors (Lipinski definition) is 4. The molecule has 25 heavy (non-hydrogen) atoms. The van der Waals surface area contributed by atoms with E-state index in [1.807, 2.05) is 30.3 Å². The SMILES string of the molecule is COCCCNC(=O)[C@H](Cc1ccccc1)NC(=O)[C@@H]1N[C@H]1C(=O)O. The molecule has 0 aliphatic carbocycles. The number of carbonyl (C=O) groups excluding carboxylic acids is 2. The van der Waals surface area contributed by atoms with Gasteiger partial charge in [0.15, 0.2) is 0 Å². The van der Waals surface area contributed by atoms with E-state index in [2.05, 4.69) is 16.0 Å². The van der Waals surface area contributed by atoms with Crippen molar-refractivity contribution < 1.29 is 24.2 Å². The summed E-state index contributed by atoms with van der Waals surface area (Å²) in [6.07, 6.45) is 0.993. The lowest BCUT2D eigenvalue weighted by Gasteiger charge is -2.18. The molecular weight excluding hydrogens is 326 g/mol. The molecule has 1 heterocycles. The van der Waals surface area contributed by atoms with E-state index in [-0.39, 0.29) is 5.91 Å². The predicted octanol–water partition coefficient (Wildman–Crippen LogP) is -0.708. The summed E-state index contributed by atoms with van der Waals surface area (Å²) >= 11 is 0. The molecule has 0 unspecified atom stereocenters. The van der Waals surface area contributed by atoms with Gasteiger partial charge in [-0.15, -0.1) is 0 Å². The Labute approximate surface area is 145 Å². The van der Waals surface area contributed by atoms with E-state index in [1.165, 1.54) is 0 Å². The zero-order valence-electron chi connectivity index (χ0n) is 14.0. The molecule has 0 spiro atoms. The van der Waals surface area contributed by atoms with Crippen molar-refractivity contribution in [2.45, 2.75) is 31.0 Å². The van der Waals surface area contributed by atoms with Crippen LogP contribution in [0.1, 0.15) is 12.0 Å². The van der Waals surface area contributed by atoms with Gasteiger partial charge in [0.05, 0.1) is 0 Å². The minimum atomic E-state index is -1.08. The van der Waals surface area contributed by atoms with Crippen molar-refractivity contribution >= 4 is 17.8 Å². The average Bonchev–Trinajstić information content (AvgIpc) is 3.40. The van der Waals surface area contributed by atoms with Gasteiger partial charge in [0, 0.05) is 26.7 Å². The van der Waals surface area contributed by atoms with Crippen LogP contribution >= 0.6 is 0 Å². The van der Waals surface area contributed by atoms with Crippen LogP contribution < -0.4 is 16.0 Å². The Bertz CT molecular complexity index is 608. The molecule has 0 radical (unpaired) electrons. The number of rotatable bonds is 10. The lowest BCUT2D eigenvalue weighted by Crippen LogP contribution is -2.50. The topological polar surface area (TPSA) is 127 Å². The molecule has 2 amide bonds. The summed E-state index contributed by atoms with van der Waals surface area (Å²) in [5.41, 5.74) is 0.901. The molecule has 1 fully saturated rings. The van der Waals surface area contributed by atoms with E-state index in [9.17, 15) is 14.4 Å². The fraction of sp³-hybridized carbons (Fsp3) is 0.471. The molecule has 1 aliphatic rings. The van der Waals surface area contributed by atoms with Gasteiger partial charge in [0.25, 0.3) is 0 Å². The summed E-state index contributed by atoms with van der Waals surface area (Å²) < 4.78 is 4.93. The van der Waals surface area contributed by atoms with Gasteiger partial charge < -0.3 is 20.5 Å². The largest absolute Gasteiger partial charge is 0.480 e. The monoisotopic (exact) mass is 349 g/mol. The Morgan fingerprint density at radius 2 is 1.96 bits per heavy atom. The smallest absolute Gasteiger partial charge is 0.322 e. The molecule has 3 atom stereocenters. The van der Waals surface area contributed by atoms with E-state index < -0.39 is 30.0 Å². The number of ether oxygens (including phenoxy) is 1. The van der Waals surface area contributed by atoms with Crippen LogP contribution in [0.25, 0.3) is 0 Å². The fourth-order valence-electron chi connectivity index (χ4n) is 2.45. The minimum Gasteiger partial charge on any atom is -0.480 e. The van der Waals surface area contributed by atoms with Crippen LogP contribution in [0.15, 0.2) is 30.3 Å². The first-order valence-corrected chi connectivity index (χ1v) is 8.12. The van der Waals surface area contributed by atoms with Crippen LogP contribution in [0.4, 0.5) is 0 Å². The zero-order valence-corrected chi connectivity index (χ0v) is 14.0. The highest BCUT2D eigenvalue weighted by molar-refractivity contribution is 5.97. The van der Waals surface area contributed by atoms with Crippen LogP contribution in [0.2, 0.25) is 0 Å². The summed E-state index contributed by atoms with van der Waals surface area (Å²) in [7, 11) is 1.59. The normalized spacial score (nSPS) is 19.7. The fourth-order valence-corrected chi connectivity index (χ4v) is 2.45. The second-order valence-electron chi connectivity index (χ2n) is 5.85. The molecule has 8 nitrogen and oxygen atoms in total. The standard InChI is InChI=1S/C17H23N3O5/c1-25-9-5-8-18-15(21)12(10-11-6-3-2-4-7-11)19-16(22)13-14(20-13)17(23)24/h2-4,6-7,12-14,20H,5,8-10H2,1H3,(H,18,21)(H,19,22)(H,23,24)/t12-,13+,14+/m0/s1. The lowest BCUT2D eigenvalue weighted by atomic mass is 10.0. The Balaban J connectivity index is 1.95. The highest BCUT2D eigenvalue weighted by Crippen LogP contribution is 2.12. The van der Waals surface area contributed by atoms with Gasteiger partial charge in [-0.05, 0) is 12.0 Å². The molecule has 0 saturated carbocycles. The van der Waals surface area contributed by atoms with E-state index in [0.717, 1.165) is 5.56 Å². The molecule has 1 aliphatic heterocycles. The molecule has 4 N–H and O–H groups in total. The first-order chi connectivity index (χ1) is 12.0. The van der Waals surface area contributed by atoms with Crippen molar-refractivity contribution in [2.75, 3.05) is 20.3 Å². The lowest BCUT2D eigenvalue weighted by molar-refractivity contribution is -0.137. The predicted molar refractivity (Wildman–Crippen MR) is 89.9 cm³/mol. The third-order valence-corrected chi connectivity index (χ3v) is 3.87. The Hall–Kier alpha value is -2.45. The Morgan fingerprint density at radius 1 is 1.24 bits per heavy atom. The van der Waals surface area contributed by atoms with Gasteiger partial charge >= 0.3 is 5.97 Å². The first-order valence-electron chi connectivity index (χ1n) is 8.12. The van der Waals surface area contributed by atoms with Crippen LogP contribution in [-0.4, -0.2) is 61.3 Å². The second-order valence-corrected chi connectivity index (χ2v) is 5.85. The molecule has 8 heteroatoms. The van der Waals surface area contributed by atoms with E-state index in [1.54, 1.807) is 7.11 Å². The third-order valence-electron chi connectivity index (χ3n) is 3.87. The molecule has 1 saturated heterocycles. The van der Waals surface area contributed by atoms with Crippen molar-refractivity contribution in [2.24, 2.45) is 0 Å². The van der Waals surface area contributed by atoms with Gasteiger partial charge in [-0.1, -0.05) is 30.3 Å². The van der Waals surface area contributed by atoms with Crippen LogP contribution in [0.3, 0.4) is 0 Å². The second kappa shape index (κ2) is 9.14. The van der Waals surface area contributed by atoms with E-state index >= 15 is 0 Å². The summed E-state index contributed by atoms with van der Waals surface area (Å²) in [5, 5.41) is 16.9. The maximum absolute atomic E-state index is 12.4. The summed E-state index contributed by atoms with van der Waals surface area (Å²) in [6, 6.07) is 6.86. The maximum atomic E-state index is 12.4. The van der Waals surface area contributed by atoms with Crippen molar-refractivity contribution in [3.63, 3.8) is 0 Å². The number of methoxy groups -OCH3 is 1. The van der Waals surface area contributed by atoms with Gasteiger partial charge in [-0.3, -0.25) is 19.7 Å². The third kappa shape index (κ3) is 5.84. The molecule has 1 aromatic rings. The summed E-state index contributed by atoms with van der Waals surface area (Å²) in [6.45, 7) is 0.968. The van der Waals surface area contributed by atoms with Crippen molar-refractivity contribution in [1.29, 1.82) is 0 Å². The Kier molecular flexibility index (Phi) is 6.91. The van der Waals surface area contributed by atoms with Crippen LogP contribution in [0.5, 0.6) is 0 Å². The van der Waals surface area contributed by atoms with Gasteiger partial charge in [0.2, 0.25) is 11.8 Å². The zero-order chi connectivity index (χ0) is 18.2. The minimum absolute atomic E-state index is 0.305. The average molecular weight is 349 g/mol. The van der Waals surface area contributed by atoms with Crippen LogP contribution in [0, 0.1) is 0 Å². The van der Waals surface area contributed by atoms with Crippen molar-refractivity contribution in [3.8, 4) is 0 Å². The number of nitrogens with one attached hydrogen (secondary N) is 3. The number of carboxylic acids is 1. The summed E-state index contributed by atoms with van der Waals surface area (Å²) in [5.74, 6) is -1.87. The highest BCUT2D eigenvalue weighted by Gasteiger charge is 2.48. The first kappa shape index (κ1) is 18.9. The number of carbonyl (C=O) groups is 3. The molecule has 1 aromatic carbocycles. The molecule has 2 rings (SSSR count). The number of hydrogen-bond acceptors (Lipinski definition) is 5. The van der Waals surface area contributed by atoms with E-state index in [4.69, 9.17) is 9.84 Å². The molecule has 0 aromatic heterocycles. The van der Waals surface area contributed by atoms with E-state index in [0.29, 0.717) is 26.0 Å². The molecule has 0 bridgehead atoms. The maximum Gasteiger partial charge on any atom is 0.322 e. The van der Waals surface area contributed by atoms with Crippen LogP contribution in [-0.2, 0) is 25.5 Å². The molecular formula is C17H23N3O5. The number of aliphatic carboxylic acids is 1. The van der Waals surface area contributed by atoms with Crippen molar-refractivity contribution in [3.05, 3.63) is 35.9 Å². The van der Waals surface area contributed by atoms with Gasteiger partial charge in [-0.25, -0.2) is 0 Å². The number of amides is 2. The quantitative estimate of drug-likeness (QED) is 0.327. The van der Waals surface area contributed by atoms with Gasteiger partial charge in [-0.2, -0.15) is 0 Å². The molecule has 136 valence electrons. The highest BCUT2D eigenvalue weighted by atomic mass is 16.5. The summed E-state index contributed by atoms with van der Waals surface area (Å²) in [4.78, 5) is 35.4.